The Hall–Kier alpha value is -3.94. The standard InChI is InChI=1S/C22H21N7O/c1-4-15-5-6-16(21-26-28-29(3)27-21)11-18(15)17-7-8-20(24-12-17)25-22(30)19-13-23-10-9-14(19)2/h5-13H,4H2,1-3H3,(H,24,25,30). The highest BCUT2D eigenvalue weighted by molar-refractivity contribution is 6.04. The van der Waals surface area contributed by atoms with Crippen molar-refractivity contribution in [3.63, 3.8) is 0 Å². The van der Waals surface area contributed by atoms with Crippen molar-refractivity contribution in [2.24, 2.45) is 7.05 Å². The second-order valence-electron chi connectivity index (χ2n) is 6.90. The molecule has 4 rings (SSSR count). The molecule has 1 N–H and O–H groups in total. The summed E-state index contributed by atoms with van der Waals surface area (Å²) in [5.74, 6) is 0.827. The van der Waals surface area contributed by atoms with E-state index in [1.807, 2.05) is 25.1 Å². The molecule has 3 aromatic heterocycles. The van der Waals surface area contributed by atoms with E-state index in [0.717, 1.165) is 28.7 Å². The quantitative estimate of drug-likeness (QED) is 0.552. The van der Waals surface area contributed by atoms with Crippen LogP contribution in [-0.2, 0) is 13.5 Å². The number of hydrogen-bond acceptors (Lipinski definition) is 6. The van der Waals surface area contributed by atoms with Gasteiger partial charge in [0.2, 0.25) is 5.82 Å². The van der Waals surface area contributed by atoms with Crippen LogP contribution < -0.4 is 5.32 Å². The van der Waals surface area contributed by atoms with Crippen LogP contribution in [0.15, 0.2) is 55.0 Å². The second-order valence-corrected chi connectivity index (χ2v) is 6.90. The molecule has 1 amide bonds. The van der Waals surface area contributed by atoms with Crippen LogP contribution >= 0.6 is 0 Å². The third kappa shape index (κ3) is 3.93. The van der Waals surface area contributed by atoms with Gasteiger partial charge in [-0.1, -0.05) is 19.1 Å². The van der Waals surface area contributed by atoms with Gasteiger partial charge in [0.05, 0.1) is 12.6 Å². The number of pyridine rings is 2. The van der Waals surface area contributed by atoms with Gasteiger partial charge in [0, 0.05) is 29.7 Å². The minimum atomic E-state index is -0.231. The first-order valence-electron chi connectivity index (χ1n) is 9.61. The van der Waals surface area contributed by atoms with E-state index in [1.54, 1.807) is 37.8 Å². The molecule has 0 fully saturated rings. The molecule has 0 aliphatic rings. The van der Waals surface area contributed by atoms with Gasteiger partial charge >= 0.3 is 0 Å². The molecule has 150 valence electrons. The van der Waals surface area contributed by atoms with E-state index in [0.29, 0.717) is 17.2 Å². The molecule has 4 aromatic rings. The Morgan fingerprint density at radius 1 is 1.10 bits per heavy atom. The summed E-state index contributed by atoms with van der Waals surface area (Å²) in [5, 5.41) is 15.1. The number of nitrogens with one attached hydrogen (secondary N) is 1. The highest BCUT2D eigenvalue weighted by atomic mass is 16.1. The average molecular weight is 399 g/mol. The molecule has 1 aromatic carbocycles. The third-order valence-electron chi connectivity index (χ3n) is 4.86. The molecule has 0 bridgehead atoms. The second kappa shape index (κ2) is 8.20. The molecule has 8 heteroatoms. The van der Waals surface area contributed by atoms with Crippen LogP contribution in [-0.4, -0.2) is 36.1 Å². The molecular weight excluding hydrogens is 378 g/mol. The number of rotatable bonds is 5. The van der Waals surface area contributed by atoms with Crippen LogP contribution in [0.4, 0.5) is 5.82 Å². The van der Waals surface area contributed by atoms with E-state index in [2.05, 4.69) is 43.7 Å². The molecule has 0 spiro atoms. The number of carbonyl (C=O) groups excluding carboxylic acids is 1. The molecule has 0 unspecified atom stereocenters. The number of benzene rings is 1. The average Bonchev–Trinajstić information content (AvgIpc) is 3.20. The Morgan fingerprint density at radius 3 is 2.60 bits per heavy atom. The van der Waals surface area contributed by atoms with Crippen molar-refractivity contribution in [1.82, 2.24) is 30.2 Å². The lowest BCUT2D eigenvalue weighted by Crippen LogP contribution is -2.14. The fraction of sp³-hybridized carbons (Fsp3) is 0.182. The summed E-state index contributed by atoms with van der Waals surface area (Å²) in [4.78, 5) is 22.4. The van der Waals surface area contributed by atoms with Crippen LogP contribution in [0.25, 0.3) is 22.5 Å². The Morgan fingerprint density at radius 2 is 1.93 bits per heavy atom. The van der Waals surface area contributed by atoms with Crippen molar-refractivity contribution in [3.05, 3.63) is 71.7 Å². The minimum Gasteiger partial charge on any atom is -0.307 e. The smallest absolute Gasteiger partial charge is 0.258 e. The van der Waals surface area contributed by atoms with Crippen LogP contribution in [0.5, 0.6) is 0 Å². The maximum Gasteiger partial charge on any atom is 0.258 e. The predicted molar refractivity (Wildman–Crippen MR) is 114 cm³/mol. The lowest BCUT2D eigenvalue weighted by Gasteiger charge is -2.11. The predicted octanol–water partition coefficient (Wildman–Crippen LogP) is 3.46. The SMILES string of the molecule is CCc1ccc(-c2nnn(C)n2)cc1-c1ccc(NC(=O)c2cnccc2C)nc1. The number of hydrogen-bond donors (Lipinski definition) is 1. The number of nitrogens with zero attached hydrogens (tertiary/aromatic N) is 6. The first-order valence-corrected chi connectivity index (χ1v) is 9.61. The number of anilines is 1. The van der Waals surface area contributed by atoms with Crippen molar-refractivity contribution in [2.75, 3.05) is 5.32 Å². The molecule has 0 atom stereocenters. The first kappa shape index (κ1) is 19.4. The third-order valence-corrected chi connectivity index (χ3v) is 4.86. The van der Waals surface area contributed by atoms with Gasteiger partial charge in [-0.3, -0.25) is 9.78 Å². The highest BCUT2D eigenvalue weighted by Gasteiger charge is 2.12. The highest BCUT2D eigenvalue weighted by Crippen LogP contribution is 2.29. The molecule has 0 aliphatic heterocycles. The van der Waals surface area contributed by atoms with Crippen molar-refractivity contribution in [3.8, 4) is 22.5 Å². The Balaban J connectivity index is 1.60. The summed E-state index contributed by atoms with van der Waals surface area (Å²) in [7, 11) is 1.74. The molecule has 0 aliphatic carbocycles. The van der Waals surface area contributed by atoms with Crippen molar-refractivity contribution >= 4 is 11.7 Å². The van der Waals surface area contributed by atoms with Crippen molar-refractivity contribution in [2.45, 2.75) is 20.3 Å². The van der Waals surface area contributed by atoms with Gasteiger partial charge in [-0.05, 0) is 59.5 Å². The summed E-state index contributed by atoms with van der Waals surface area (Å²) in [6.45, 7) is 3.98. The summed E-state index contributed by atoms with van der Waals surface area (Å²) >= 11 is 0. The fourth-order valence-electron chi connectivity index (χ4n) is 3.20. The maximum absolute atomic E-state index is 12.5. The fourth-order valence-corrected chi connectivity index (χ4v) is 3.20. The molecular formula is C22H21N7O. The van der Waals surface area contributed by atoms with Gasteiger partial charge in [-0.25, -0.2) is 4.98 Å². The molecule has 0 radical (unpaired) electrons. The number of aryl methyl sites for hydroxylation is 3. The number of tetrazole rings is 1. The normalized spacial score (nSPS) is 10.8. The van der Waals surface area contributed by atoms with Crippen molar-refractivity contribution in [1.29, 1.82) is 0 Å². The Bertz CT molecular complexity index is 1200. The minimum absolute atomic E-state index is 0.231. The Labute approximate surface area is 174 Å². The number of aromatic nitrogens is 6. The van der Waals surface area contributed by atoms with E-state index in [1.165, 1.54) is 10.4 Å². The topological polar surface area (TPSA) is 98.5 Å². The molecule has 0 saturated heterocycles. The van der Waals surface area contributed by atoms with Gasteiger partial charge in [0.25, 0.3) is 5.91 Å². The Kier molecular flexibility index (Phi) is 5.30. The summed E-state index contributed by atoms with van der Waals surface area (Å²) in [5.41, 5.74) is 5.47. The lowest BCUT2D eigenvalue weighted by molar-refractivity contribution is 0.102. The molecule has 3 heterocycles. The van der Waals surface area contributed by atoms with E-state index < -0.39 is 0 Å². The first-order chi connectivity index (χ1) is 14.5. The zero-order valence-electron chi connectivity index (χ0n) is 17.0. The summed E-state index contributed by atoms with van der Waals surface area (Å²) < 4.78 is 0. The molecule has 30 heavy (non-hydrogen) atoms. The van der Waals surface area contributed by atoms with Gasteiger partial charge in [-0.2, -0.15) is 4.80 Å². The van der Waals surface area contributed by atoms with Crippen molar-refractivity contribution < 1.29 is 4.79 Å². The van der Waals surface area contributed by atoms with Gasteiger partial charge in [0.1, 0.15) is 5.82 Å². The van der Waals surface area contributed by atoms with Crippen LogP contribution in [0.1, 0.15) is 28.4 Å². The van der Waals surface area contributed by atoms with E-state index >= 15 is 0 Å². The monoisotopic (exact) mass is 399 g/mol. The van der Waals surface area contributed by atoms with E-state index in [4.69, 9.17) is 0 Å². The lowest BCUT2D eigenvalue weighted by atomic mass is 9.96. The largest absolute Gasteiger partial charge is 0.307 e. The number of amides is 1. The summed E-state index contributed by atoms with van der Waals surface area (Å²) in [6.07, 6.45) is 5.85. The van der Waals surface area contributed by atoms with Crippen LogP contribution in [0.3, 0.4) is 0 Å². The van der Waals surface area contributed by atoms with Crippen LogP contribution in [0, 0.1) is 6.92 Å². The summed E-state index contributed by atoms with van der Waals surface area (Å²) in [6, 6.07) is 11.7. The molecule has 8 nitrogen and oxygen atoms in total. The van der Waals surface area contributed by atoms with E-state index in [-0.39, 0.29) is 5.91 Å². The van der Waals surface area contributed by atoms with E-state index in [9.17, 15) is 4.79 Å². The maximum atomic E-state index is 12.5. The van der Waals surface area contributed by atoms with Gasteiger partial charge < -0.3 is 5.32 Å². The van der Waals surface area contributed by atoms with Gasteiger partial charge in [0.15, 0.2) is 0 Å². The number of carbonyl (C=O) groups is 1. The molecule has 0 saturated carbocycles. The van der Waals surface area contributed by atoms with Crippen LogP contribution in [0.2, 0.25) is 0 Å². The van der Waals surface area contributed by atoms with Gasteiger partial charge in [-0.15, -0.1) is 10.2 Å². The zero-order chi connectivity index (χ0) is 21.1. The zero-order valence-corrected chi connectivity index (χ0v) is 17.0.